The SMILES string of the molecule is O=C(c1cc[nH]c1)N1C[C@H]2C[C@@H](Oc3cccc(Cl)c3)[C@H](O)C[C@H]2C1. The maximum atomic E-state index is 12.5. The standard InChI is InChI=1S/C19H21ClN2O3/c20-15-2-1-3-16(8-15)25-18-7-14-11-22(10-13(14)6-17(18)23)19(24)12-4-5-21-9-12/h1-5,8-9,13-14,17-18,21,23H,6-7,10-11H2/t13-,14+,17+,18+/m0/s1. The van der Waals surface area contributed by atoms with E-state index in [9.17, 15) is 9.90 Å². The lowest BCUT2D eigenvalue weighted by atomic mass is 9.78. The molecule has 0 radical (unpaired) electrons. The Labute approximate surface area is 151 Å². The summed E-state index contributed by atoms with van der Waals surface area (Å²) in [5.74, 6) is 1.42. The van der Waals surface area contributed by atoms with Gasteiger partial charge in [0.2, 0.25) is 0 Å². The van der Waals surface area contributed by atoms with E-state index in [1.54, 1.807) is 30.6 Å². The number of rotatable bonds is 3. The molecule has 2 N–H and O–H groups in total. The number of hydrogen-bond acceptors (Lipinski definition) is 3. The quantitative estimate of drug-likeness (QED) is 0.884. The van der Waals surface area contributed by atoms with Crippen molar-refractivity contribution < 1.29 is 14.6 Å². The summed E-state index contributed by atoms with van der Waals surface area (Å²) in [7, 11) is 0. The summed E-state index contributed by atoms with van der Waals surface area (Å²) in [4.78, 5) is 17.4. The van der Waals surface area contributed by atoms with Crippen molar-refractivity contribution in [3.05, 3.63) is 53.3 Å². The number of fused-ring (bicyclic) bond motifs is 1. The van der Waals surface area contributed by atoms with E-state index in [4.69, 9.17) is 16.3 Å². The number of likely N-dealkylation sites (tertiary alicyclic amines) is 1. The topological polar surface area (TPSA) is 65.6 Å². The highest BCUT2D eigenvalue weighted by Crippen LogP contribution is 2.38. The van der Waals surface area contributed by atoms with Gasteiger partial charge in [-0.15, -0.1) is 0 Å². The van der Waals surface area contributed by atoms with Crippen molar-refractivity contribution in [3.8, 4) is 5.75 Å². The van der Waals surface area contributed by atoms with Crippen LogP contribution in [0.2, 0.25) is 5.02 Å². The minimum absolute atomic E-state index is 0.0532. The molecule has 1 aromatic carbocycles. The summed E-state index contributed by atoms with van der Waals surface area (Å²) >= 11 is 6.00. The number of aromatic amines is 1. The molecular formula is C19H21ClN2O3. The first kappa shape index (κ1) is 16.5. The van der Waals surface area contributed by atoms with Crippen molar-refractivity contribution in [2.45, 2.75) is 25.0 Å². The first-order chi connectivity index (χ1) is 12.1. The van der Waals surface area contributed by atoms with Crippen LogP contribution in [-0.2, 0) is 0 Å². The van der Waals surface area contributed by atoms with Gasteiger partial charge in [0.05, 0.1) is 11.7 Å². The molecule has 1 aliphatic heterocycles. The number of hydrogen-bond donors (Lipinski definition) is 2. The molecule has 5 nitrogen and oxygen atoms in total. The first-order valence-electron chi connectivity index (χ1n) is 8.62. The minimum Gasteiger partial charge on any atom is -0.488 e. The van der Waals surface area contributed by atoms with Gasteiger partial charge in [0.25, 0.3) is 5.91 Å². The molecule has 0 bridgehead atoms. The zero-order valence-corrected chi connectivity index (χ0v) is 14.5. The fourth-order valence-corrected chi connectivity index (χ4v) is 4.22. The summed E-state index contributed by atoms with van der Waals surface area (Å²) in [5.41, 5.74) is 0.686. The van der Waals surface area contributed by atoms with E-state index in [1.807, 2.05) is 17.0 Å². The number of carbonyl (C=O) groups is 1. The van der Waals surface area contributed by atoms with Gasteiger partial charge >= 0.3 is 0 Å². The Morgan fingerprint density at radius 3 is 2.76 bits per heavy atom. The van der Waals surface area contributed by atoms with Crippen LogP contribution < -0.4 is 4.74 Å². The molecule has 2 fully saturated rings. The van der Waals surface area contributed by atoms with Crippen LogP contribution in [0.5, 0.6) is 5.75 Å². The van der Waals surface area contributed by atoms with E-state index in [1.165, 1.54) is 0 Å². The van der Waals surface area contributed by atoms with E-state index >= 15 is 0 Å². The molecule has 1 saturated heterocycles. The Balaban J connectivity index is 1.42. The molecule has 1 aliphatic carbocycles. The molecule has 1 aromatic heterocycles. The van der Waals surface area contributed by atoms with Crippen LogP contribution in [0.4, 0.5) is 0 Å². The monoisotopic (exact) mass is 360 g/mol. The molecular weight excluding hydrogens is 340 g/mol. The van der Waals surface area contributed by atoms with Crippen LogP contribution in [0, 0.1) is 11.8 Å². The zero-order valence-electron chi connectivity index (χ0n) is 13.8. The average molecular weight is 361 g/mol. The van der Waals surface area contributed by atoms with Gasteiger partial charge in [0.1, 0.15) is 11.9 Å². The summed E-state index contributed by atoms with van der Waals surface area (Å²) in [6.45, 7) is 1.42. The lowest BCUT2D eigenvalue weighted by molar-refractivity contribution is -0.0231. The fourth-order valence-electron chi connectivity index (χ4n) is 4.04. The molecule has 2 aromatic rings. The van der Waals surface area contributed by atoms with Crippen molar-refractivity contribution in [3.63, 3.8) is 0 Å². The number of aliphatic hydroxyl groups excluding tert-OH is 1. The van der Waals surface area contributed by atoms with E-state index in [0.29, 0.717) is 41.1 Å². The molecule has 6 heteroatoms. The maximum Gasteiger partial charge on any atom is 0.255 e. The third-order valence-electron chi connectivity index (χ3n) is 5.30. The molecule has 2 heterocycles. The largest absolute Gasteiger partial charge is 0.488 e. The number of aliphatic hydroxyl groups is 1. The van der Waals surface area contributed by atoms with Crippen LogP contribution in [0.15, 0.2) is 42.7 Å². The molecule has 4 atom stereocenters. The van der Waals surface area contributed by atoms with Crippen molar-refractivity contribution >= 4 is 17.5 Å². The highest BCUT2D eigenvalue weighted by atomic mass is 35.5. The van der Waals surface area contributed by atoms with Crippen LogP contribution in [0.3, 0.4) is 0 Å². The predicted molar refractivity (Wildman–Crippen MR) is 94.8 cm³/mol. The van der Waals surface area contributed by atoms with E-state index in [-0.39, 0.29) is 12.0 Å². The number of aromatic nitrogens is 1. The maximum absolute atomic E-state index is 12.5. The number of amides is 1. The number of benzene rings is 1. The highest BCUT2D eigenvalue weighted by Gasteiger charge is 2.44. The lowest BCUT2D eigenvalue weighted by Crippen LogP contribution is -2.42. The minimum atomic E-state index is -0.525. The molecule has 0 unspecified atom stereocenters. The molecule has 1 amide bonds. The second kappa shape index (κ2) is 6.73. The summed E-state index contributed by atoms with van der Waals surface area (Å²) < 4.78 is 5.98. The molecule has 2 aliphatic rings. The smallest absolute Gasteiger partial charge is 0.255 e. The fraction of sp³-hybridized carbons (Fsp3) is 0.421. The van der Waals surface area contributed by atoms with Crippen LogP contribution in [0.1, 0.15) is 23.2 Å². The molecule has 132 valence electrons. The Morgan fingerprint density at radius 2 is 2.04 bits per heavy atom. The molecule has 25 heavy (non-hydrogen) atoms. The number of carbonyl (C=O) groups excluding carboxylic acids is 1. The number of ether oxygens (including phenoxy) is 1. The van der Waals surface area contributed by atoms with E-state index in [2.05, 4.69) is 4.98 Å². The van der Waals surface area contributed by atoms with Crippen molar-refractivity contribution in [1.29, 1.82) is 0 Å². The van der Waals surface area contributed by atoms with Crippen LogP contribution in [-0.4, -0.2) is 46.2 Å². The van der Waals surface area contributed by atoms with Crippen molar-refractivity contribution in [2.75, 3.05) is 13.1 Å². The molecule has 1 saturated carbocycles. The number of H-pyrrole nitrogens is 1. The molecule has 0 spiro atoms. The van der Waals surface area contributed by atoms with Gasteiger partial charge in [-0.2, -0.15) is 0 Å². The summed E-state index contributed by atoms with van der Waals surface area (Å²) in [6, 6.07) is 9.04. The van der Waals surface area contributed by atoms with Gasteiger partial charge in [-0.1, -0.05) is 17.7 Å². The van der Waals surface area contributed by atoms with Crippen molar-refractivity contribution in [2.24, 2.45) is 11.8 Å². The average Bonchev–Trinajstić information content (AvgIpc) is 3.24. The van der Waals surface area contributed by atoms with E-state index in [0.717, 1.165) is 13.0 Å². The van der Waals surface area contributed by atoms with Crippen LogP contribution >= 0.6 is 11.6 Å². The third kappa shape index (κ3) is 3.39. The number of nitrogens with one attached hydrogen (secondary N) is 1. The zero-order chi connectivity index (χ0) is 17.4. The Bertz CT molecular complexity index is 749. The third-order valence-corrected chi connectivity index (χ3v) is 5.54. The van der Waals surface area contributed by atoms with E-state index < -0.39 is 6.10 Å². The van der Waals surface area contributed by atoms with Gasteiger partial charge < -0.3 is 19.7 Å². The second-order valence-corrected chi connectivity index (χ2v) is 7.42. The molecule has 4 rings (SSSR count). The van der Waals surface area contributed by atoms with Gasteiger partial charge in [-0.3, -0.25) is 4.79 Å². The Morgan fingerprint density at radius 1 is 1.24 bits per heavy atom. The van der Waals surface area contributed by atoms with Gasteiger partial charge in [-0.25, -0.2) is 0 Å². The lowest BCUT2D eigenvalue weighted by Gasteiger charge is -2.35. The predicted octanol–water partition coefficient (Wildman–Crippen LogP) is 2.96. The van der Waals surface area contributed by atoms with Crippen molar-refractivity contribution in [1.82, 2.24) is 9.88 Å². The first-order valence-corrected chi connectivity index (χ1v) is 9.00. The Hall–Kier alpha value is -1.98. The number of halogens is 1. The number of nitrogens with zero attached hydrogens (tertiary/aromatic N) is 1. The summed E-state index contributed by atoms with van der Waals surface area (Å²) in [5, 5.41) is 11.1. The second-order valence-electron chi connectivity index (χ2n) is 6.98. The van der Waals surface area contributed by atoms with Gasteiger partial charge in [-0.05, 0) is 48.9 Å². The normalized spacial score (nSPS) is 28.6. The van der Waals surface area contributed by atoms with Gasteiger partial charge in [0.15, 0.2) is 0 Å². The highest BCUT2D eigenvalue weighted by molar-refractivity contribution is 6.30. The van der Waals surface area contributed by atoms with Crippen LogP contribution in [0.25, 0.3) is 0 Å². The summed E-state index contributed by atoms with van der Waals surface area (Å²) in [6.07, 6.45) is 4.10. The van der Waals surface area contributed by atoms with Gasteiger partial charge in [0, 0.05) is 30.5 Å². The Kier molecular flexibility index (Phi) is 4.44.